The van der Waals surface area contributed by atoms with Crippen molar-refractivity contribution in [3.8, 4) is 0 Å². The van der Waals surface area contributed by atoms with Crippen LogP contribution in [0.1, 0.15) is 5.76 Å². The molecule has 0 saturated heterocycles. The molecule has 0 aliphatic rings. The van der Waals surface area contributed by atoms with Crippen LogP contribution in [-0.4, -0.2) is 39.9 Å². The minimum atomic E-state index is -3.75. The summed E-state index contributed by atoms with van der Waals surface area (Å²) in [7, 11) is -2.34. The predicted octanol–water partition coefficient (Wildman–Crippen LogP) is -0.976. The molecule has 1 unspecified atom stereocenters. The summed E-state index contributed by atoms with van der Waals surface area (Å²) in [4.78, 5) is 0. The smallest absolute Gasteiger partial charge is 0.274 e. The Kier molecular flexibility index (Phi) is 5.09. The van der Waals surface area contributed by atoms with Gasteiger partial charge in [0.1, 0.15) is 5.76 Å². The first-order valence-corrected chi connectivity index (χ1v) is 6.43. The molecule has 0 spiro atoms. The van der Waals surface area contributed by atoms with Crippen LogP contribution in [-0.2, 0) is 21.3 Å². The van der Waals surface area contributed by atoms with E-state index in [1.165, 1.54) is 19.2 Å². The zero-order chi connectivity index (χ0) is 12.9. The van der Waals surface area contributed by atoms with Crippen molar-refractivity contribution in [1.29, 1.82) is 0 Å². The van der Waals surface area contributed by atoms with Crippen molar-refractivity contribution in [2.24, 2.45) is 5.73 Å². The first-order valence-electron chi connectivity index (χ1n) is 4.95. The van der Waals surface area contributed by atoms with Crippen LogP contribution in [0.3, 0.4) is 0 Å². The molecule has 8 heteroatoms. The van der Waals surface area contributed by atoms with E-state index in [4.69, 9.17) is 10.2 Å². The fourth-order valence-electron chi connectivity index (χ4n) is 1.14. The second-order valence-electron chi connectivity index (χ2n) is 3.39. The van der Waals surface area contributed by atoms with E-state index >= 15 is 0 Å². The molecule has 4 N–H and O–H groups in total. The van der Waals surface area contributed by atoms with Crippen molar-refractivity contribution in [1.82, 2.24) is 4.72 Å². The van der Waals surface area contributed by atoms with E-state index in [-0.39, 0.29) is 24.8 Å². The average molecular weight is 264 g/mol. The summed E-state index contributed by atoms with van der Waals surface area (Å²) in [6.45, 7) is 0.0331. The topological polar surface area (TPSA) is 115 Å². The Bertz CT molecular complexity index is 442. The Morgan fingerprint density at radius 2 is 2.29 bits per heavy atom. The molecule has 1 heterocycles. The molecule has 0 bridgehead atoms. The largest absolute Gasteiger partial charge is 0.447 e. The van der Waals surface area contributed by atoms with Crippen LogP contribution in [0.4, 0.5) is 0 Å². The second kappa shape index (κ2) is 6.12. The van der Waals surface area contributed by atoms with E-state index in [2.05, 4.69) is 9.46 Å². The number of hydrogen-bond donors (Lipinski definition) is 3. The molecule has 7 nitrogen and oxygen atoms in total. The lowest BCUT2D eigenvalue weighted by molar-refractivity contribution is 0.0678. The van der Waals surface area contributed by atoms with Gasteiger partial charge in [-0.05, 0) is 12.1 Å². The van der Waals surface area contributed by atoms with Crippen LogP contribution in [0.5, 0.6) is 0 Å². The van der Waals surface area contributed by atoms with Crippen molar-refractivity contribution < 1.29 is 22.7 Å². The van der Waals surface area contributed by atoms with E-state index in [1.54, 1.807) is 0 Å². The van der Waals surface area contributed by atoms with Crippen LogP contribution in [0, 0.1) is 0 Å². The summed E-state index contributed by atoms with van der Waals surface area (Å²) in [5.41, 5.74) is 5.30. The molecule has 1 atom stereocenters. The Labute approximate surface area is 99.6 Å². The lowest BCUT2D eigenvalue weighted by Crippen LogP contribution is -2.34. The first kappa shape index (κ1) is 14.1. The second-order valence-corrected chi connectivity index (χ2v) is 5.08. The number of nitrogens with one attached hydrogen (secondary N) is 1. The third kappa shape index (κ3) is 4.10. The highest BCUT2D eigenvalue weighted by Gasteiger charge is 2.19. The lowest BCUT2D eigenvalue weighted by atomic mass is 10.4. The normalized spacial score (nSPS) is 13.8. The molecule has 98 valence electrons. The van der Waals surface area contributed by atoms with Gasteiger partial charge in [0.2, 0.25) is 5.09 Å². The lowest BCUT2D eigenvalue weighted by Gasteiger charge is -2.09. The third-order valence-electron chi connectivity index (χ3n) is 1.97. The Morgan fingerprint density at radius 1 is 1.59 bits per heavy atom. The first-order chi connectivity index (χ1) is 7.99. The molecule has 0 aromatic carbocycles. The minimum Gasteiger partial charge on any atom is -0.447 e. The zero-order valence-electron chi connectivity index (χ0n) is 9.42. The van der Waals surface area contributed by atoms with Gasteiger partial charge >= 0.3 is 0 Å². The molecule has 0 aliphatic heterocycles. The van der Waals surface area contributed by atoms with Crippen molar-refractivity contribution >= 4 is 10.0 Å². The molecule has 1 aromatic rings. The van der Waals surface area contributed by atoms with Crippen molar-refractivity contribution in [3.63, 3.8) is 0 Å². The Morgan fingerprint density at radius 3 is 2.82 bits per heavy atom. The molecule has 1 aromatic heterocycles. The Hall–Kier alpha value is -0.930. The van der Waals surface area contributed by atoms with Gasteiger partial charge in [0.05, 0.1) is 19.3 Å². The van der Waals surface area contributed by atoms with Crippen molar-refractivity contribution in [2.75, 3.05) is 20.3 Å². The number of hydrogen-bond acceptors (Lipinski definition) is 6. The number of rotatable bonds is 7. The van der Waals surface area contributed by atoms with Gasteiger partial charge in [0, 0.05) is 13.7 Å². The van der Waals surface area contributed by atoms with Gasteiger partial charge in [0.15, 0.2) is 0 Å². The fourth-order valence-corrected chi connectivity index (χ4v) is 2.16. The maximum atomic E-state index is 11.7. The zero-order valence-corrected chi connectivity index (χ0v) is 10.2. The van der Waals surface area contributed by atoms with Gasteiger partial charge in [-0.1, -0.05) is 0 Å². The number of ether oxygens (including phenoxy) is 1. The van der Waals surface area contributed by atoms with Crippen LogP contribution >= 0.6 is 0 Å². The summed E-state index contributed by atoms with van der Waals surface area (Å²) < 4.78 is 35.2. The van der Waals surface area contributed by atoms with E-state index in [9.17, 15) is 13.5 Å². The maximum Gasteiger partial charge on any atom is 0.274 e. The number of furan rings is 1. The van der Waals surface area contributed by atoms with E-state index in [0.717, 1.165) is 0 Å². The standard InChI is InChI=1S/C9H16N2O5S/c1-15-6-7(12)5-11-17(13,14)9-3-2-8(4-10)16-9/h2-3,7,11-12H,4-6,10H2,1H3. The molecule has 0 fully saturated rings. The van der Waals surface area contributed by atoms with Gasteiger partial charge in [-0.3, -0.25) is 0 Å². The summed E-state index contributed by atoms with van der Waals surface area (Å²) in [6.07, 6.45) is -0.904. The fraction of sp³-hybridized carbons (Fsp3) is 0.556. The monoisotopic (exact) mass is 264 g/mol. The molecule has 17 heavy (non-hydrogen) atoms. The molecule has 0 aliphatic carbocycles. The van der Waals surface area contributed by atoms with Crippen molar-refractivity contribution in [2.45, 2.75) is 17.7 Å². The summed E-state index contributed by atoms with van der Waals surface area (Å²) in [6, 6.07) is 2.80. The molecule has 0 amide bonds. The number of methoxy groups -OCH3 is 1. The van der Waals surface area contributed by atoms with Gasteiger partial charge in [-0.15, -0.1) is 0 Å². The van der Waals surface area contributed by atoms with Gasteiger partial charge in [-0.2, -0.15) is 0 Å². The van der Waals surface area contributed by atoms with Gasteiger partial charge < -0.3 is 20.0 Å². The van der Waals surface area contributed by atoms with Gasteiger partial charge in [0.25, 0.3) is 10.0 Å². The minimum absolute atomic E-state index is 0.0503. The van der Waals surface area contributed by atoms with E-state index < -0.39 is 16.1 Å². The summed E-state index contributed by atoms with van der Waals surface area (Å²) >= 11 is 0. The Balaban J connectivity index is 2.62. The van der Waals surface area contributed by atoms with Gasteiger partial charge in [-0.25, -0.2) is 13.1 Å². The third-order valence-corrected chi connectivity index (χ3v) is 3.27. The predicted molar refractivity (Wildman–Crippen MR) is 59.7 cm³/mol. The SMILES string of the molecule is COCC(O)CNS(=O)(=O)c1ccc(CN)o1. The quantitative estimate of drug-likeness (QED) is 0.583. The number of nitrogens with two attached hydrogens (primary N) is 1. The number of sulfonamides is 1. The highest BCUT2D eigenvalue weighted by molar-refractivity contribution is 7.89. The number of aliphatic hydroxyl groups excluding tert-OH is 1. The highest BCUT2D eigenvalue weighted by Crippen LogP contribution is 2.12. The molecule has 0 saturated carbocycles. The highest BCUT2D eigenvalue weighted by atomic mass is 32.2. The van der Waals surface area contributed by atoms with E-state index in [1.807, 2.05) is 0 Å². The molecule has 1 rings (SSSR count). The van der Waals surface area contributed by atoms with E-state index in [0.29, 0.717) is 5.76 Å². The summed E-state index contributed by atoms with van der Waals surface area (Å²) in [5, 5.41) is 9.09. The average Bonchev–Trinajstić information content (AvgIpc) is 2.76. The molecular formula is C9H16N2O5S. The molecular weight excluding hydrogens is 248 g/mol. The maximum absolute atomic E-state index is 11.7. The van der Waals surface area contributed by atoms with Crippen LogP contribution in [0.15, 0.2) is 21.6 Å². The van der Waals surface area contributed by atoms with Crippen molar-refractivity contribution in [3.05, 3.63) is 17.9 Å². The number of aliphatic hydroxyl groups is 1. The van der Waals surface area contributed by atoms with Crippen LogP contribution in [0.2, 0.25) is 0 Å². The van der Waals surface area contributed by atoms with Crippen LogP contribution < -0.4 is 10.5 Å². The summed E-state index contributed by atoms with van der Waals surface area (Å²) in [5.74, 6) is 0.378. The molecule has 0 radical (unpaired) electrons. The van der Waals surface area contributed by atoms with Crippen LogP contribution in [0.25, 0.3) is 0 Å².